The van der Waals surface area contributed by atoms with Gasteiger partial charge in [-0.15, -0.1) is 11.3 Å². The number of fused-ring (bicyclic) bond motifs is 1. The number of methoxy groups -OCH3 is 1. The van der Waals surface area contributed by atoms with E-state index >= 15 is 0 Å². The van der Waals surface area contributed by atoms with E-state index in [4.69, 9.17) is 4.74 Å². The van der Waals surface area contributed by atoms with E-state index in [9.17, 15) is 13.2 Å². The number of carbonyl (C=O) groups excluding carboxylic acids is 1. The molecule has 142 valence electrons. The molecule has 0 radical (unpaired) electrons. The summed E-state index contributed by atoms with van der Waals surface area (Å²) in [5, 5.41) is 8.29. The van der Waals surface area contributed by atoms with Crippen molar-refractivity contribution in [3.63, 3.8) is 0 Å². The molecule has 3 aromatic rings. The average molecular weight is 406 g/mol. The van der Waals surface area contributed by atoms with Gasteiger partial charge in [0.05, 0.1) is 28.5 Å². The second kappa shape index (κ2) is 6.74. The van der Waals surface area contributed by atoms with Crippen LogP contribution >= 0.6 is 11.3 Å². The Morgan fingerprint density at radius 3 is 2.74 bits per heavy atom. The van der Waals surface area contributed by atoms with Crippen molar-refractivity contribution < 1.29 is 17.9 Å². The third-order valence-electron chi connectivity index (χ3n) is 4.70. The minimum Gasteiger partial charge on any atom is -0.378 e. The number of aromatic nitrogens is 2. The summed E-state index contributed by atoms with van der Waals surface area (Å²) in [4.78, 5) is 14.1. The van der Waals surface area contributed by atoms with Crippen LogP contribution < -0.4 is 5.32 Å². The van der Waals surface area contributed by atoms with Gasteiger partial charge in [-0.2, -0.15) is 5.10 Å². The van der Waals surface area contributed by atoms with Crippen molar-refractivity contribution in [2.24, 2.45) is 7.05 Å². The first-order valence-corrected chi connectivity index (χ1v) is 11.1. The number of nitrogens with zero attached hydrogens (tertiary/aromatic N) is 2. The Bertz CT molecular complexity index is 1100. The number of nitrogens with one attached hydrogen (secondary N) is 1. The molecule has 4 rings (SSSR count). The number of sulfone groups is 1. The SMILES string of the molecule is CO[C@@H]1CS(=O)(=O)C[C@H]1NC(=O)c1cc2c(-c3ccccc3)nn(C)c2s1. The van der Waals surface area contributed by atoms with E-state index in [2.05, 4.69) is 10.4 Å². The van der Waals surface area contributed by atoms with Crippen molar-refractivity contribution in [2.75, 3.05) is 18.6 Å². The second-order valence-corrected chi connectivity index (χ2v) is 9.78. The van der Waals surface area contributed by atoms with Crippen LogP contribution in [0.4, 0.5) is 0 Å². The molecule has 0 bridgehead atoms. The van der Waals surface area contributed by atoms with Crippen LogP contribution in [-0.4, -0.2) is 54.9 Å². The highest BCUT2D eigenvalue weighted by Crippen LogP contribution is 2.33. The molecule has 7 nitrogen and oxygen atoms in total. The average Bonchev–Trinajstić information content (AvgIpc) is 3.28. The van der Waals surface area contributed by atoms with Crippen molar-refractivity contribution in [3.05, 3.63) is 41.3 Å². The first-order valence-electron chi connectivity index (χ1n) is 8.44. The minimum atomic E-state index is -3.20. The second-order valence-electron chi connectivity index (χ2n) is 6.60. The van der Waals surface area contributed by atoms with Crippen molar-refractivity contribution in [3.8, 4) is 11.3 Å². The van der Waals surface area contributed by atoms with Crippen LogP contribution in [0, 0.1) is 0 Å². The van der Waals surface area contributed by atoms with Crippen LogP contribution in [0.3, 0.4) is 0 Å². The number of amides is 1. The molecule has 1 aliphatic rings. The van der Waals surface area contributed by atoms with Crippen LogP contribution in [-0.2, 0) is 21.6 Å². The Morgan fingerprint density at radius 2 is 2.04 bits per heavy atom. The highest BCUT2D eigenvalue weighted by molar-refractivity contribution is 7.91. The molecule has 1 saturated heterocycles. The number of hydrogen-bond donors (Lipinski definition) is 1. The fraction of sp³-hybridized carbons (Fsp3) is 0.333. The Morgan fingerprint density at radius 1 is 1.30 bits per heavy atom. The molecule has 1 N–H and O–H groups in total. The molecule has 1 fully saturated rings. The van der Waals surface area contributed by atoms with Crippen LogP contribution in [0.5, 0.6) is 0 Å². The van der Waals surface area contributed by atoms with Gasteiger partial charge in [-0.3, -0.25) is 9.48 Å². The molecule has 1 amide bonds. The zero-order valence-electron chi connectivity index (χ0n) is 14.9. The molecular formula is C18H19N3O4S2. The lowest BCUT2D eigenvalue weighted by Gasteiger charge is -2.17. The van der Waals surface area contributed by atoms with Gasteiger partial charge in [-0.05, 0) is 6.07 Å². The lowest BCUT2D eigenvalue weighted by atomic mass is 10.1. The third kappa shape index (κ3) is 3.38. The fourth-order valence-corrected chi connectivity index (χ4v) is 6.21. The quantitative estimate of drug-likeness (QED) is 0.715. The highest BCUT2D eigenvalue weighted by atomic mass is 32.2. The highest BCUT2D eigenvalue weighted by Gasteiger charge is 2.39. The van der Waals surface area contributed by atoms with Gasteiger partial charge in [0.1, 0.15) is 10.5 Å². The first kappa shape index (κ1) is 18.1. The van der Waals surface area contributed by atoms with Gasteiger partial charge in [0.25, 0.3) is 5.91 Å². The molecule has 27 heavy (non-hydrogen) atoms. The number of carbonyl (C=O) groups is 1. The van der Waals surface area contributed by atoms with Crippen LogP contribution in [0.15, 0.2) is 36.4 Å². The first-order chi connectivity index (χ1) is 12.9. The van der Waals surface area contributed by atoms with E-state index in [1.807, 2.05) is 43.4 Å². The zero-order chi connectivity index (χ0) is 19.2. The molecule has 0 unspecified atom stereocenters. The summed E-state index contributed by atoms with van der Waals surface area (Å²) in [6, 6.07) is 11.1. The molecule has 1 aromatic carbocycles. The molecule has 0 spiro atoms. The summed E-state index contributed by atoms with van der Waals surface area (Å²) in [6.07, 6.45) is -0.519. The fourth-order valence-electron chi connectivity index (χ4n) is 3.38. The molecule has 2 aromatic heterocycles. The van der Waals surface area contributed by atoms with E-state index in [1.54, 1.807) is 4.68 Å². The van der Waals surface area contributed by atoms with E-state index in [0.29, 0.717) is 4.88 Å². The molecule has 9 heteroatoms. The van der Waals surface area contributed by atoms with E-state index in [0.717, 1.165) is 21.5 Å². The Balaban J connectivity index is 1.64. The molecular weight excluding hydrogens is 386 g/mol. The number of rotatable bonds is 4. The standard InChI is InChI=1S/C18H19N3O4S2/c1-21-18-12(16(20-21)11-6-4-3-5-7-11)8-15(26-18)17(22)19-13-9-27(23,24)10-14(13)25-2/h3-8,13-14H,9-10H2,1-2H3,(H,19,22)/t13-,14-/m1/s1. The molecule has 0 aliphatic carbocycles. The van der Waals surface area contributed by atoms with E-state index in [1.165, 1.54) is 18.4 Å². The van der Waals surface area contributed by atoms with Gasteiger partial charge >= 0.3 is 0 Å². The summed E-state index contributed by atoms with van der Waals surface area (Å²) in [5.74, 6) is -0.457. The van der Waals surface area contributed by atoms with Crippen LogP contribution in [0.25, 0.3) is 21.5 Å². The largest absolute Gasteiger partial charge is 0.378 e. The summed E-state index contributed by atoms with van der Waals surface area (Å²) in [6.45, 7) is 0. The van der Waals surface area contributed by atoms with E-state index < -0.39 is 22.0 Å². The zero-order valence-corrected chi connectivity index (χ0v) is 16.5. The van der Waals surface area contributed by atoms with E-state index in [-0.39, 0.29) is 17.4 Å². The topological polar surface area (TPSA) is 90.3 Å². The predicted octanol–water partition coefficient (Wildman–Crippen LogP) is 1.84. The van der Waals surface area contributed by atoms with Gasteiger partial charge < -0.3 is 10.1 Å². The van der Waals surface area contributed by atoms with Gasteiger partial charge in [0, 0.05) is 25.1 Å². The Hall–Kier alpha value is -2.23. The lowest BCUT2D eigenvalue weighted by molar-refractivity contribution is 0.0789. The summed E-state index contributed by atoms with van der Waals surface area (Å²) in [7, 11) is 0.107. The normalized spacial score (nSPS) is 21.6. The van der Waals surface area contributed by atoms with Gasteiger partial charge in [-0.25, -0.2) is 8.42 Å². The number of hydrogen-bond acceptors (Lipinski definition) is 6. The van der Waals surface area contributed by atoms with Crippen molar-refractivity contribution in [2.45, 2.75) is 12.1 Å². The summed E-state index contributed by atoms with van der Waals surface area (Å²) in [5.41, 5.74) is 1.80. The Kier molecular flexibility index (Phi) is 4.53. The third-order valence-corrected chi connectivity index (χ3v) is 7.61. The molecule has 2 atom stereocenters. The minimum absolute atomic E-state index is 0.0665. The Labute approximate surface area is 160 Å². The van der Waals surface area contributed by atoms with Gasteiger partial charge in [0.15, 0.2) is 9.84 Å². The lowest BCUT2D eigenvalue weighted by Crippen LogP contribution is -2.43. The maximum atomic E-state index is 12.7. The van der Waals surface area contributed by atoms with Gasteiger partial charge in [0.2, 0.25) is 0 Å². The van der Waals surface area contributed by atoms with Crippen molar-refractivity contribution in [1.29, 1.82) is 0 Å². The van der Waals surface area contributed by atoms with Crippen molar-refractivity contribution >= 4 is 37.3 Å². The van der Waals surface area contributed by atoms with Gasteiger partial charge in [-0.1, -0.05) is 30.3 Å². The number of thiophene rings is 1. The van der Waals surface area contributed by atoms with Crippen molar-refractivity contribution in [1.82, 2.24) is 15.1 Å². The smallest absolute Gasteiger partial charge is 0.261 e. The number of aryl methyl sites for hydroxylation is 1. The summed E-state index contributed by atoms with van der Waals surface area (Å²) >= 11 is 1.34. The summed E-state index contributed by atoms with van der Waals surface area (Å²) < 4.78 is 30.7. The molecule has 3 heterocycles. The number of benzene rings is 1. The number of ether oxygens (including phenoxy) is 1. The monoisotopic (exact) mass is 405 g/mol. The maximum Gasteiger partial charge on any atom is 0.261 e. The molecule has 1 aliphatic heterocycles. The molecule has 0 saturated carbocycles. The maximum absolute atomic E-state index is 12.7. The van der Waals surface area contributed by atoms with Crippen LogP contribution in [0.1, 0.15) is 9.67 Å². The predicted molar refractivity (Wildman–Crippen MR) is 105 cm³/mol. The van der Waals surface area contributed by atoms with Crippen LogP contribution in [0.2, 0.25) is 0 Å².